The summed E-state index contributed by atoms with van der Waals surface area (Å²) in [5, 5.41) is 3.14. The number of aryl methyl sites for hydroxylation is 1. The first kappa shape index (κ1) is 15.7. The van der Waals surface area contributed by atoms with E-state index in [2.05, 4.69) is 5.32 Å². The van der Waals surface area contributed by atoms with E-state index >= 15 is 0 Å². The second-order valence-electron chi connectivity index (χ2n) is 6.50. The first-order chi connectivity index (χ1) is 11.0. The van der Waals surface area contributed by atoms with Crippen LogP contribution in [0.3, 0.4) is 0 Å². The molecule has 1 unspecified atom stereocenters. The fourth-order valence-electron chi connectivity index (χ4n) is 3.45. The van der Waals surface area contributed by atoms with E-state index in [9.17, 15) is 9.18 Å². The molecule has 3 heteroatoms. The maximum absolute atomic E-state index is 13.6. The number of halogens is 1. The van der Waals surface area contributed by atoms with Crippen LogP contribution in [0.25, 0.3) is 0 Å². The molecule has 1 saturated carbocycles. The third kappa shape index (κ3) is 2.88. The minimum Gasteiger partial charge on any atom is -0.349 e. The van der Waals surface area contributed by atoms with Crippen LogP contribution in [0.2, 0.25) is 0 Å². The predicted molar refractivity (Wildman–Crippen MR) is 89.7 cm³/mol. The van der Waals surface area contributed by atoms with Crippen molar-refractivity contribution in [2.75, 3.05) is 0 Å². The number of rotatable bonds is 4. The van der Waals surface area contributed by atoms with Gasteiger partial charge in [0.25, 0.3) is 0 Å². The number of amides is 1. The Bertz CT molecular complexity index is 721. The van der Waals surface area contributed by atoms with E-state index in [1.165, 1.54) is 12.1 Å². The highest BCUT2D eigenvalue weighted by Crippen LogP contribution is 2.44. The summed E-state index contributed by atoms with van der Waals surface area (Å²) in [5.74, 6) is -0.279. The predicted octanol–water partition coefficient (Wildman–Crippen LogP) is 4.43. The van der Waals surface area contributed by atoms with E-state index in [0.717, 1.165) is 36.0 Å². The second kappa shape index (κ2) is 6.15. The molecule has 1 atom stereocenters. The first-order valence-corrected chi connectivity index (χ1v) is 8.15. The van der Waals surface area contributed by atoms with Crippen molar-refractivity contribution in [1.82, 2.24) is 5.32 Å². The van der Waals surface area contributed by atoms with E-state index in [0.29, 0.717) is 0 Å². The summed E-state index contributed by atoms with van der Waals surface area (Å²) in [6.07, 6.45) is 2.56. The van der Waals surface area contributed by atoms with Crippen LogP contribution in [0.15, 0.2) is 48.5 Å². The van der Waals surface area contributed by atoms with Crippen molar-refractivity contribution in [2.24, 2.45) is 0 Å². The summed E-state index contributed by atoms with van der Waals surface area (Å²) in [5.41, 5.74) is 2.50. The Kier molecular flexibility index (Phi) is 4.20. The van der Waals surface area contributed by atoms with Gasteiger partial charge in [-0.25, -0.2) is 4.39 Å². The van der Waals surface area contributed by atoms with Gasteiger partial charge in [-0.1, -0.05) is 42.8 Å². The molecule has 3 rings (SSSR count). The van der Waals surface area contributed by atoms with Gasteiger partial charge in [-0.15, -0.1) is 0 Å². The largest absolute Gasteiger partial charge is 0.349 e. The zero-order chi connectivity index (χ0) is 16.4. The number of carbonyl (C=O) groups is 1. The van der Waals surface area contributed by atoms with Crippen molar-refractivity contribution in [3.05, 3.63) is 71.0 Å². The van der Waals surface area contributed by atoms with Crippen molar-refractivity contribution in [1.29, 1.82) is 0 Å². The lowest BCUT2D eigenvalue weighted by Gasteiger charge is -2.41. The summed E-state index contributed by atoms with van der Waals surface area (Å²) >= 11 is 0. The fraction of sp³-hybridized carbons (Fsp3) is 0.350. The number of nitrogens with one attached hydrogen (secondary N) is 1. The third-order valence-corrected chi connectivity index (χ3v) is 5.02. The maximum atomic E-state index is 13.6. The Morgan fingerprint density at radius 1 is 1.17 bits per heavy atom. The highest BCUT2D eigenvalue weighted by atomic mass is 19.1. The zero-order valence-corrected chi connectivity index (χ0v) is 13.6. The van der Waals surface area contributed by atoms with Crippen LogP contribution in [0.5, 0.6) is 0 Å². The zero-order valence-electron chi connectivity index (χ0n) is 13.6. The second-order valence-corrected chi connectivity index (χ2v) is 6.50. The van der Waals surface area contributed by atoms with Gasteiger partial charge in [0.05, 0.1) is 11.5 Å². The molecule has 1 fully saturated rings. The molecule has 23 heavy (non-hydrogen) atoms. The molecule has 0 saturated heterocycles. The van der Waals surface area contributed by atoms with Gasteiger partial charge in [-0.3, -0.25) is 4.79 Å². The molecular formula is C20H22FNO. The maximum Gasteiger partial charge on any atom is 0.231 e. The molecule has 0 aromatic heterocycles. The molecule has 1 aliphatic rings. The Morgan fingerprint density at radius 3 is 2.52 bits per heavy atom. The third-order valence-electron chi connectivity index (χ3n) is 5.02. The molecule has 2 aromatic carbocycles. The molecule has 0 aliphatic heterocycles. The normalized spacial score (nSPS) is 17.2. The Balaban J connectivity index is 1.83. The minimum absolute atomic E-state index is 0.00473. The molecule has 2 nitrogen and oxygen atoms in total. The van der Waals surface area contributed by atoms with Crippen LogP contribution in [0.1, 0.15) is 48.9 Å². The van der Waals surface area contributed by atoms with E-state index < -0.39 is 5.41 Å². The van der Waals surface area contributed by atoms with Gasteiger partial charge < -0.3 is 5.32 Å². The SMILES string of the molecule is Cc1ccccc1C(C)NC(=O)C1(c2cccc(F)c2)CCC1. The number of hydrogen-bond donors (Lipinski definition) is 1. The number of hydrogen-bond acceptors (Lipinski definition) is 1. The molecule has 1 N–H and O–H groups in total. The summed E-state index contributed by atoms with van der Waals surface area (Å²) in [4.78, 5) is 12.9. The first-order valence-electron chi connectivity index (χ1n) is 8.15. The van der Waals surface area contributed by atoms with E-state index in [4.69, 9.17) is 0 Å². The fourth-order valence-corrected chi connectivity index (χ4v) is 3.45. The molecule has 0 heterocycles. The van der Waals surface area contributed by atoms with Crippen molar-refractivity contribution in [2.45, 2.75) is 44.6 Å². The summed E-state index contributed by atoms with van der Waals surface area (Å²) in [6, 6.07) is 14.5. The van der Waals surface area contributed by atoms with Crippen molar-refractivity contribution >= 4 is 5.91 Å². The lowest BCUT2D eigenvalue weighted by Crippen LogP contribution is -2.49. The molecular weight excluding hydrogens is 289 g/mol. The molecule has 2 aromatic rings. The van der Waals surface area contributed by atoms with Crippen LogP contribution < -0.4 is 5.32 Å². The van der Waals surface area contributed by atoms with Gasteiger partial charge in [0, 0.05) is 0 Å². The van der Waals surface area contributed by atoms with Gasteiger partial charge in [0.15, 0.2) is 0 Å². The molecule has 0 bridgehead atoms. The Hall–Kier alpha value is -2.16. The van der Waals surface area contributed by atoms with Crippen LogP contribution in [0.4, 0.5) is 4.39 Å². The van der Waals surface area contributed by atoms with Crippen molar-refractivity contribution < 1.29 is 9.18 Å². The highest BCUT2D eigenvalue weighted by molar-refractivity contribution is 5.89. The Morgan fingerprint density at radius 2 is 1.91 bits per heavy atom. The van der Waals surface area contributed by atoms with Gasteiger partial charge in [0.1, 0.15) is 5.82 Å². The van der Waals surface area contributed by atoms with E-state index in [1.807, 2.05) is 44.2 Å². The quantitative estimate of drug-likeness (QED) is 0.889. The standard InChI is InChI=1S/C20H22FNO/c1-14-7-3-4-10-18(14)15(2)22-19(23)20(11-6-12-20)16-8-5-9-17(21)13-16/h3-5,7-10,13,15H,6,11-12H2,1-2H3,(H,22,23). The monoisotopic (exact) mass is 311 g/mol. The van der Waals surface area contributed by atoms with Crippen LogP contribution in [-0.2, 0) is 10.2 Å². The Labute approximate surface area is 136 Å². The topological polar surface area (TPSA) is 29.1 Å². The van der Waals surface area contributed by atoms with Crippen molar-refractivity contribution in [3.8, 4) is 0 Å². The van der Waals surface area contributed by atoms with Crippen LogP contribution in [-0.4, -0.2) is 5.91 Å². The van der Waals surface area contributed by atoms with Crippen molar-refractivity contribution in [3.63, 3.8) is 0 Å². The highest BCUT2D eigenvalue weighted by Gasteiger charge is 2.46. The summed E-state index contributed by atoms with van der Waals surface area (Å²) in [6.45, 7) is 4.04. The molecule has 1 amide bonds. The molecule has 120 valence electrons. The van der Waals surface area contributed by atoms with Crippen LogP contribution in [0, 0.1) is 12.7 Å². The lowest BCUT2D eigenvalue weighted by molar-refractivity contribution is -0.130. The summed E-state index contributed by atoms with van der Waals surface area (Å²) < 4.78 is 13.6. The molecule has 0 spiro atoms. The lowest BCUT2D eigenvalue weighted by atomic mass is 9.63. The van der Waals surface area contributed by atoms with Gasteiger partial charge >= 0.3 is 0 Å². The van der Waals surface area contributed by atoms with Gasteiger partial charge in [-0.2, -0.15) is 0 Å². The smallest absolute Gasteiger partial charge is 0.231 e. The van der Waals surface area contributed by atoms with Gasteiger partial charge in [0.2, 0.25) is 5.91 Å². The minimum atomic E-state index is -0.570. The number of carbonyl (C=O) groups excluding carboxylic acids is 1. The van der Waals surface area contributed by atoms with E-state index in [1.54, 1.807) is 6.07 Å². The van der Waals surface area contributed by atoms with E-state index in [-0.39, 0.29) is 17.8 Å². The summed E-state index contributed by atoms with van der Waals surface area (Å²) in [7, 11) is 0. The van der Waals surface area contributed by atoms with Gasteiger partial charge in [-0.05, 0) is 55.5 Å². The number of benzene rings is 2. The molecule has 1 aliphatic carbocycles. The van der Waals surface area contributed by atoms with Crippen LogP contribution >= 0.6 is 0 Å². The molecule has 0 radical (unpaired) electrons. The average Bonchev–Trinajstić information content (AvgIpc) is 2.46. The average molecular weight is 311 g/mol.